The first kappa shape index (κ1) is 62.4. The second-order valence-electron chi connectivity index (χ2n) is 21.4. The van der Waals surface area contributed by atoms with Crippen molar-refractivity contribution in [2.75, 3.05) is 26.2 Å². The van der Waals surface area contributed by atoms with Gasteiger partial charge in [-0.1, -0.05) is 92.7 Å². The molecule has 23 nitrogen and oxygen atoms in total. The molecule has 4 aromatic carbocycles. The van der Waals surface area contributed by atoms with Gasteiger partial charge in [0.2, 0.25) is 47.3 Å². The molecule has 23 heteroatoms. The number of likely N-dealkylation sites (tertiary alicyclic amines) is 1. The summed E-state index contributed by atoms with van der Waals surface area (Å²) >= 11 is 0. The summed E-state index contributed by atoms with van der Waals surface area (Å²) in [5.41, 5.74) is 15.2. The SMILES string of the molecule is CCNC(=O)[C@H]1CCCN1C(=O)[C@H](CCCN=C(N)N)NC(=O)[C@H](CC(C)C)NC(=O)[C@@H](Cc1c[nH]c2ccccc12)NC(=O)[C@H](Cc1ccc(O)cc1)NC(=O)[C@H](CO)NC(=O)[C@H](Cc1c[nH]c2ccccc12)NC(=O)Cc1ccccc1. The number of aliphatic imine (C=N–C) groups is 1. The Balaban J connectivity index is 1.14. The minimum absolute atomic E-state index is 0.000767. The molecule has 0 unspecified atom stereocenters. The largest absolute Gasteiger partial charge is 0.508 e. The summed E-state index contributed by atoms with van der Waals surface area (Å²) in [4.78, 5) is 126. The molecular formula is C61H77N13O10. The van der Waals surface area contributed by atoms with Crippen LogP contribution in [0.25, 0.3) is 21.8 Å². The number of fused-ring (bicyclic) bond motifs is 2. The van der Waals surface area contributed by atoms with Gasteiger partial charge in [-0.25, -0.2) is 0 Å². The molecule has 3 heterocycles. The summed E-state index contributed by atoms with van der Waals surface area (Å²) < 4.78 is 0. The Labute approximate surface area is 486 Å². The van der Waals surface area contributed by atoms with Gasteiger partial charge >= 0.3 is 0 Å². The zero-order valence-electron chi connectivity index (χ0n) is 47.5. The maximum Gasteiger partial charge on any atom is 0.245 e. The van der Waals surface area contributed by atoms with Crippen LogP contribution >= 0.6 is 0 Å². The fourth-order valence-corrected chi connectivity index (χ4v) is 10.4. The third-order valence-corrected chi connectivity index (χ3v) is 14.6. The fourth-order valence-electron chi connectivity index (χ4n) is 10.4. The van der Waals surface area contributed by atoms with E-state index in [2.05, 4.69) is 52.2 Å². The van der Waals surface area contributed by atoms with Crippen LogP contribution in [0.3, 0.4) is 0 Å². The first-order chi connectivity index (χ1) is 40.4. The molecule has 7 rings (SSSR count). The maximum absolute atomic E-state index is 15.0. The number of nitrogens with two attached hydrogens (primary N) is 2. The van der Waals surface area contributed by atoms with Gasteiger partial charge in [0, 0.05) is 73.1 Å². The molecule has 0 radical (unpaired) electrons. The summed E-state index contributed by atoms with van der Waals surface area (Å²) in [7, 11) is 0. The number of hydrogen-bond acceptors (Lipinski definition) is 11. The normalized spacial score (nSPS) is 15.2. The number of H-pyrrole nitrogens is 2. The minimum atomic E-state index is -1.66. The highest BCUT2D eigenvalue weighted by Gasteiger charge is 2.39. The van der Waals surface area contributed by atoms with E-state index in [9.17, 15) is 48.6 Å². The summed E-state index contributed by atoms with van der Waals surface area (Å²) in [5, 5.41) is 41.8. The number of aromatic hydroxyl groups is 1. The predicted octanol–water partition coefficient (Wildman–Crippen LogP) is 1.75. The molecule has 1 aliphatic rings. The van der Waals surface area contributed by atoms with Crippen molar-refractivity contribution in [2.24, 2.45) is 22.4 Å². The van der Waals surface area contributed by atoms with Crippen LogP contribution in [0, 0.1) is 5.92 Å². The summed E-state index contributed by atoms with van der Waals surface area (Å²) in [6.07, 6.45) is 4.51. The maximum atomic E-state index is 15.0. The standard InChI is InChI=1S/C61H77N13O10/c1-4-64-59(83)52-21-13-27-74(52)60(84)46(20-12-26-65-61(62)63)69-54(78)47(28-36(2)3)70-57(81)50(32-40-34-67-45-19-11-9-17-43(40)45)72-55(79)48(29-38-22-24-41(76)25-23-38)71-58(82)51(35-75)73-56(80)49(68-53(77)30-37-14-6-5-7-15-37)31-39-33-66-44-18-10-8-16-42(39)44/h5-11,14-19,22-25,33-34,36,46-52,66-67,75-76H,4,12-13,20-21,26-32,35H2,1-3H3,(H,64,83)(H,68,77)(H,69,78)(H,70,81)(H,71,82)(H,72,79)(H,73,80)(H4,62,63,65)/t46-,47-,48-,49-,50+,51-,52+/m0/s1. The summed E-state index contributed by atoms with van der Waals surface area (Å²) in [5.74, 6) is -5.80. The van der Waals surface area contributed by atoms with Gasteiger partial charge in [-0.05, 0) is 91.5 Å². The number of nitrogens with zero attached hydrogens (tertiary/aromatic N) is 2. The van der Waals surface area contributed by atoms with E-state index in [0.29, 0.717) is 41.6 Å². The molecular weight excluding hydrogens is 1070 g/mol. The predicted molar refractivity (Wildman–Crippen MR) is 317 cm³/mol. The molecule has 0 spiro atoms. The fraction of sp³-hybridized carbons (Fsp3) is 0.393. The van der Waals surface area contributed by atoms with Crippen LogP contribution in [0.4, 0.5) is 0 Å². The highest BCUT2D eigenvalue weighted by Crippen LogP contribution is 2.23. The quantitative estimate of drug-likeness (QED) is 0.0182. The highest BCUT2D eigenvalue weighted by atomic mass is 16.3. The minimum Gasteiger partial charge on any atom is -0.508 e. The van der Waals surface area contributed by atoms with Gasteiger partial charge in [-0.2, -0.15) is 0 Å². The molecule has 0 saturated carbocycles. The first-order valence-corrected chi connectivity index (χ1v) is 28.4. The number of amides is 8. The van der Waals surface area contributed by atoms with Crippen molar-refractivity contribution in [1.82, 2.24) is 52.1 Å². The monoisotopic (exact) mass is 1150 g/mol. The molecule has 15 N–H and O–H groups in total. The number of nitrogens with one attached hydrogen (secondary N) is 9. The summed E-state index contributed by atoms with van der Waals surface area (Å²) in [6, 6.07) is 20.6. The van der Waals surface area contributed by atoms with E-state index in [-0.39, 0.29) is 81.6 Å². The van der Waals surface area contributed by atoms with Crippen LogP contribution in [-0.4, -0.2) is 147 Å². The van der Waals surface area contributed by atoms with Gasteiger partial charge in [0.25, 0.3) is 0 Å². The van der Waals surface area contributed by atoms with Crippen LogP contribution in [0.15, 0.2) is 121 Å². The molecule has 8 amide bonds. The highest BCUT2D eigenvalue weighted by molar-refractivity contribution is 5.99. The Morgan fingerprint density at radius 2 is 1.14 bits per heavy atom. The average molecular weight is 1150 g/mol. The van der Waals surface area contributed by atoms with Crippen molar-refractivity contribution in [3.63, 3.8) is 0 Å². The van der Waals surface area contributed by atoms with Crippen LogP contribution in [0.5, 0.6) is 5.75 Å². The molecule has 84 heavy (non-hydrogen) atoms. The van der Waals surface area contributed by atoms with Gasteiger partial charge in [-0.15, -0.1) is 0 Å². The molecule has 1 aliphatic heterocycles. The van der Waals surface area contributed by atoms with Gasteiger partial charge < -0.3 is 73.8 Å². The van der Waals surface area contributed by atoms with E-state index in [1.54, 1.807) is 43.6 Å². The van der Waals surface area contributed by atoms with Crippen LogP contribution < -0.4 is 48.7 Å². The Kier molecular flexibility index (Phi) is 22.4. The van der Waals surface area contributed by atoms with Crippen molar-refractivity contribution in [2.45, 2.75) is 121 Å². The molecule has 1 fully saturated rings. The Morgan fingerprint density at radius 3 is 1.71 bits per heavy atom. The lowest BCUT2D eigenvalue weighted by molar-refractivity contribution is -0.142. The number of phenolic OH excluding ortho intramolecular Hbond substituents is 1. The zero-order chi connectivity index (χ0) is 60.3. The number of carbonyl (C=O) groups excluding carboxylic acids is 8. The lowest BCUT2D eigenvalue weighted by Gasteiger charge is -2.30. The van der Waals surface area contributed by atoms with E-state index >= 15 is 0 Å². The van der Waals surface area contributed by atoms with Gasteiger partial charge in [0.15, 0.2) is 5.96 Å². The number of aromatic amines is 2. The van der Waals surface area contributed by atoms with Crippen molar-refractivity contribution in [3.8, 4) is 5.75 Å². The third-order valence-electron chi connectivity index (χ3n) is 14.6. The topological polar surface area (TPSA) is 360 Å². The molecule has 0 bridgehead atoms. The number of hydrogen-bond donors (Lipinski definition) is 13. The van der Waals surface area contributed by atoms with E-state index < -0.39 is 90.3 Å². The number of aliphatic hydroxyl groups excluding tert-OH is 1. The van der Waals surface area contributed by atoms with Crippen LogP contribution in [0.2, 0.25) is 0 Å². The van der Waals surface area contributed by atoms with E-state index in [4.69, 9.17) is 11.5 Å². The van der Waals surface area contributed by atoms with Crippen molar-refractivity contribution in [1.29, 1.82) is 0 Å². The second-order valence-corrected chi connectivity index (χ2v) is 21.4. The van der Waals surface area contributed by atoms with Crippen LogP contribution in [0.1, 0.15) is 75.1 Å². The van der Waals surface area contributed by atoms with Gasteiger partial charge in [-0.3, -0.25) is 43.3 Å². The number of likely N-dealkylation sites (N-methyl/N-ethyl adjacent to an activating group) is 1. The third kappa shape index (κ3) is 17.4. The number of rotatable bonds is 29. The average Bonchev–Trinajstić information content (AvgIpc) is 4.33. The number of aromatic nitrogens is 2. The Bertz CT molecular complexity index is 3270. The number of carbonyl (C=O) groups is 8. The van der Waals surface area contributed by atoms with Crippen molar-refractivity contribution < 1.29 is 48.6 Å². The van der Waals surface area contributed by atoms with E-state index in [0.717, 1.165) is 21.8 Å². The number of benzene rings is 4. The number of para-hydroxylation sites is 2. The van der Waals surface area contributed by atoms with Gasteiger partial charge in [0.1, 0.15) is 48.0 Å². The second kappa shape index (κ2) is 30.2. The Hall–Kier alpha value is -9.25. The molecule has 1 saturated heterocycles. The first-order valence-electron chi connectivity index (χ1n) is 28.4. The molecule has 446 valence electrons. The number of phenols is 1. The van der Waals surface area contributed by atoms with Crippen LogP contribution in [-0.2, 0) is 64.0 Å². The van der Waals surface area contributed by atoms with E-state index in [1.807, 2.05) is 68.4 Å². The van der Waals surface area contributed by atoms with Crippen molar-refractivity contribution in [3.05, 3.63) is 138 Å². The smallest absolute Gasteiger partial charge is 0.245 e. The molecule has 6 aromatic rings. The lowest BCUT2D eigenvalue weighted by Crippen LogP contribution is -2.61. The lowest BCUT2D eigenvalue weighted by atomic mass is 9.99. The van der Waals surface area contributed by atoms with Gasteiger partial charge in [0.05, 0.1) is 13.0 Å². The molecule has 7 atom stereocenters. The summed E-state index contributed by atoms with van der Waals surface area (Å²) in [6.45, 7) is 5.34. The van der Waals surface area contributed by atoms with Crippen molar-refractivity contribution >= 4 is 75.0 Å². The van der Waals surface area contributed by atoms with E-state index in [1.165, 1.54) is 29.2 Å². The molecule has 0 aliphatic carbocycles. The zero-order valence-corrected chi connectivity index (χ0v) is 47.5. The number of guanidine groups is 1. The number of aliphatic hydroxyl groups is 1. The molecule has 2 aromatic heterocycles. The Morgan fingerprint density at radius 1 is 0.631 bits per heavy atom.